The van der Waals surface area contributed by atoms with Crippen molar-refractivity contribution in [3.8, 4) is 0 Å². The van der Waals surface area contributed by atoms with Crippen molar-refractivity contribution in [1.29, 1.82) is 0 Å². The molecule has 1 heterocycles. The maximum atomic E-state index is 13.2. The zero-order valence-electron chi connectivity index (χ0n) is 16.8. The highest BCUT2D eigenvalue weighted by Gasteiger charge is 2.38. The molecule has 3 rings (SSSR count). The lowest BCUT2D eigenvalue weighted by Crippen LogP contribution is -2.29. The molecular formula is C22H23F6NO2. The molecule has 1 aliphatic heterocycles. The summed E-state index contributed by atoms with van der Waals surface area (Å²) in [6.45, 7) is 1.60. The second-order valence-corrected chi connectivity index (χ2v) is 7.54. The Labute approximate surface area is 176 Å². The average molecular weight is 447 g/mol. The molecule has 9 heteroatoms. The van der Waals surface area contributed by atoms with E-state index in [1.165, 1.54) is 13.2 Å². The Kier molecular flexibility index (Phi) is 6.85. The molecule has 0 saturated carbocycles. The number of hydrogen-bond donors (Lipinski definition) is 1. The summed E-state index contributed by atoms with van der Waals surface area (Å²) in [5.74, 6) is -0.0262. The molecule has 0 amide bonds. The first-order valence-corrected chi connectivity index (χ1v) is 9.87. The Morgan fingerprint density at radius 1 is 1.10 bits per heavy atom. The second-order valence-electron chi connectivity index (χ2n) is 7.54. The molecule has 1 aliphatic carbocycles. The Balaban J connectivity index is 1.93. The lowest BCUT2D eigenvalue weighted by Gasteiger charge is -2.33. The molecule has 1 unspecified atom stereocenters. The SMILES string of the molecule is C[C@@H](O[C@H]1OC=CC(CN)=C1C1C=CCCC1)c1cc(C(F)(F)F)cc(C(F)(F)F)c1. The molecule has 31 heavy (non-hydrogen) atoms. The highest BCUT2D eigenvalue weighted by atomic mass is 19.4. The van der Waals surface area contributed by atoms with Gasteiger partial charge < -0.3 is 15.2 Å². The molecule has 0 bridgehead atoms. The summed E-state index contributed by atoms with van der Waals surface area (Å²) in [7, 11) is 0. The van der Waals surface area contributed by atoms with Gasteiger partial charge in [-0.3, -0.25) is 0 Å². The lowest BCUT2D eigenvalue weighted by molar-refractivity contribution is -0.143. The number of halogens is 6. The normalized spacial score (nSPS) is 23.1. The Morgan fingerprint density at radius 3 is 2.26 bits per heavy atom. The Hall–Kier alpha value is -2.26. The van der Waals surface area contributed by atoms with Gasteiger partial charge >= 0.3 is 12.4 Å². The van der Waals surface area contributed by atoms with Gasteiger partial charge in [-0.2, -0.15) is 26.3 Å². The largest absolute Gasteiger partial charge is 0.468 e. The predicted octanol–water partition coefficient (Wildman–Crippen LogP) is 6.28. The smallest absolute Gasteiger partial charge is 0.416 e. The van der Waals surface area contributed by atoms with E-state index >= 15 is 0 Å². The topological polar surface area (TPSA) is 44.5 Å². The third-order valence-electron chi connectivity index (χ3n) is 5.38. The van der Waals surface area contributed by atoms with Crippen molar-refractivity contribution in [3.05, 3.63) is 70.5 Å². The van der Waals surface area contributed by atoms with Crippen LogP contribution in [0.5, 0.6) is 0 Å². The third kappa shape index (κ3) is 5.51. The van der Waals surface area contributed by atoms with Gasteiger partial charge in [-0.15, -0.1) is 0 Å². The van der Waals surface area contributed by atoms with Crippen molar-refractivity contribution in [3.63, 3.8) is 0 Å². The van der Waals surface area contributed by atoms with Crippen LogP contribution < -0.4 is 5.73 Å². The van der Waals surface area contributed by atoms with Gasteiger partial charge in [0.05, 0.1) is 23.5 Å². The van der Waals surface area contributed by atoms with E-state index < -0.39 is 35.9 Å². The third-order valence-corrected chi connectivity index (χ3v) is 5.38. The molecule has 0 saturated heterocycles. The summed E-state index contributed by atoms with van der Waals surface area (Å²) in [5, 5.41) is 0. The standard InChI is InChI=1S/C22H23F6NO2/c1-13(16-9-17(21(23,24)25)11-18(10-16)22(26,27)28)31-20-19(14-5-3-2-4-6-14)15(12-29)7-8-30-20/h3,5,7-11,13-14,20H,2,4,6,12,29H2,1H3/t13-,14?,20-/m1/s1. The average Bonchev–Trinajstić information content (AvgIpc) is 2.72. The van der Waals surface area contributed by atoms with Crippen LogP contribution in [0, 0.1) is 5.92 Å². The van der Waals surface area contributed by atoms with E-state index in [0.717, 1.165) is 30.4 Å². The van der Waals surface area contributed by atoms with Crippen LogP contribution in [0.1, 0.15) is 49.0 Å². The summed E-state index contributed by atoms with van der Waals surface area (Å²) in [4.78, 5) is 0. The van der Waals surface area contributed by atoms with Crippen LogP contribution in [0.15, 0.2) is 53.8 Å². The van der Waals surface area contributed by atoms with Gasteiger partial charge in [-0.25, -0.2) is 0 Å². The van der Waals surface area contributed by atoms with Crippen molar-refractivity contribution >= 4 is 0 Å². The van der Waals surface area contributed by atoms with E-state index in [9.17, 15) is 26.3 Å². The number of allylic oxidation sites excluding steroid dienone is 2. The van der Waals surface area contributed by atoms with Crippen molar-refractivity contribution in [1.82, 2.24) is 0 Å². The van der Waals surface area contributed by atoms with E-state index in [2.05, 4.69) is 0 Å². The number of hydrogen-bond acceptors (Lipinski definition) is 3. The van der Waals surface area contributed by atoms with E-state index in [0.29, 0.717) is 12.1 Å². The Bertz CT molecular complexity index is 853. The minimum atomic E-state index is -4.93. The number of nitrogens with two attached hydrogens (primary N) is 1. The minimum Gasteiger partial charge on any atom is -0.468 e. The molecule has 2 N–H and O–H groups in total. The van der Waals surface area contributed by atoms with Crippen LogP contribution in [0.3, 0.4) is 0 Å². The van der Waals surface area contributed by atoms with E-state index in [-0.39, 0.29) is 24.1 Å². The molecule has 0 radical (unpaired) electrons. The summed E-state index contributed by atoms with van der Waals surface area (Å²) >= 11 is 0. The molecule has 3 nitrogen and oxygen atoms in total. The summed E-state index contributed by atoms with van der Waals surface area (Å²) in [6, 6.07) is 1.44. The van der Waals surface area contributed by atoms with Crippen molar-refractivity contribution < 1.29 is 35.8 Å². The van der Waals surface area contributed by atoms with Crippen LogP contribution in [0.4, 0.5) is 26.3 Å². The van der Waals surface area contributed by atoms with Crippen molar-refractivity contribution in [2.75, 3.05) is 6.54 Å². The van der Waals surface area contributed by atoms with Gasteiger partial charge in [-0.05, 0) is 61.6 Å². The lowest BCUT2D eigenvalue weighted by atomic mass is 9.85. The molecule has 2 aliphatic rings. The van der Waals surface area contributed by atoms with Crippen molar-refractivity contribution in [2.24, 2.45) is 11.7 Å². The van der Waals surface area contributed by atoms with Gasteiger partial charge in [0, 0.05) is 18.0 Å². The number of alkyl halides is 6. The molecule has 170 valence electrons. The first-order valence-electron chi connectivity index (χ1n) is 9.87. The molecular weight excluding hydrogens is 424 g/mol. The fourth-order valence-electron chi connectivity index (χ4n) is 3.77. The van der Waals surface area contributed by atoms with Crippen LogP contribution in [-0.2, 0) is 21.8 Å². The summed E-state index contributed by atoms with van der Waals surface area (Å²) in [5.41, 5.74) is 4.36. The van der Waals surface area contributed by atoms with Gasteiger partial charge in [0.25, 0.3) is 0 Å². The Morgan fingerprint density at radius 2 is 1.74 bits per heavy atom. The zero-order chi connectivity index (χ0) is 22.8. The first-order chi connectivity index (χ1) is 14.5. The maximum Gasteiger partial charge on any atom is 0.416 e. The predicted molar refractivity (Wildman–Crippen MR) is 103 cm³/mol. The highest BCUT2D eigenvalue weighted by Crippen LogP contribution is 2.39. The zero-order valence-corrected chi connectivity index (χ0v) is 16.8. The molecule has 0 fully saturated rings. The van der Waals surface area contributed by atoms with Gasteiger partial charge in [0.2, 0.25) is 6.29 Å². The van der Waals surface area contributed by atoms with E-state index in [4.69, 9.17) is 15.2 Å². The van der Waals surface area contributed by atoms with E-state index in [1.807, 2.05) is 12.2 Å². The number of ether oxygens (including phenoxy) is 2. The van der Waals surface area contributed by atoms with Crippen LogP contribution in [0.2, 0.25) is 0 Å². The van der Waals surface area contributed by atoms with Crippen LogP contribution in [-0.4, -0.2) is 12.8 Å². The van der Waals surface area contributed by atoms with Gasteiger partial charge in [-0.1, -0.05) is 12.2 Å². The minimum absolute atomic E-state index is 0.0262. The van der Waals surface area contributed by atoms with E-state index in [1.54, 1.807) is 6.08 Å². The van der Waals surface area contributed by atoms with Crippen LogP contribution in [0.25, 0.3) is 0 Å². The first kappa shape index (κ1) is 23.4. The number of rotatable bonds is 5. The molecule has 3 atom stereocenters. The number of benzene rings is 1. The summed E-state index contributed by atoms with van der Waals surface area (Å²) in [6.07, 6.45) is -2.10. The summed E-state index contributed by atoms with van der Waals surface area (Å²) < 4.78 is 90.6. The fourth-order valence-corrected chi connectivity index (χ4v) is 3.77. The highest BCUT2D eigenvalue weighted by molar-refractivity contribution is 5.36. The van der Waals surface area contributed by atoms with Gasteiger partial charge in [0.1, 0.15) is 0 Å². The fraction of sp³-hybridized carbons (Fsp3) is 0.455. The maximum absolute atomic E-state index is 13.2. The molecule has 1 aromatic carbocycles. The quantitative estimate of drug-likeness (QED) is 0.427. The monoisotopic (exact) mass is 447 g/mol. The van der Waals surface area contributed by atoms with Crippen LogP contribution >= 0.6 is 0 Å². The molecule has 0 aromatic heterocycles. The second kappa shape index (κ2) is 9.08. The van der Waals surface area contributed by atoms with Gasteiger partial charge in [0.15, 0.2) is 0 Å². The molecule has 0 spiro atoms. The molecule has 1 aromatic rings. The van der Waals surface area contributed by atoms with Crippen molar-refractivity contribution in [2.45, 2.75) is 50.9 Å².